The minimum Gasteiger partial charge on any atom is -0.353 e. The molecule has 0 bridgehead atoms. The molecule has 1 unspecified atom stereocenters. The van der Waals surface area contributed by atoms with Gasteiger partial charge in [-0.15, -0.1) is 0 Å². The van der Waals surface area contributed by atoms with Crippen LogP contribution >= 0.6 is 0 Å². The molecule has 32 heavy (non-hydrogen) atoms. The molecule has 1 aromatic heterocycles. The van der Waals surface area contributed by atoms with Crippen molar-refractivity contribution >= 4 is 11.8 Å². The molecule has 0 saturated carbocycles. The number of halogens is 4. The number of hydrogen-bond acceptors (Lipinski definition) is 7. The van der Waals surface area contributed by atoms with Gasteiger partial charge in [-0.3, -0.25) is 9.59 Å². The summed E-state index contributed by atoms with van der Waals surface area (Å²) >= 11 is 0. The van der Waals surface area contributed by atoms with Crippen LogP contribution in [0.1, 0.15) is 58.2 Å². The molecule has 1 aliphatic rings. The Morgan fingerprint density at radius 2 is 2.00 bits per heavy atom. The molecule has 178 valence electrons. The summed E-state index contributed by atoms with van der Waals surface area (Å²) in [6, 6.07) is 0.499. The zero-order valence-corrected chi connectivity index (χ0v) is 18.2. The Kier molecular flexibility index (Phi) is 7.82. The largest absolute Gasteiger partial charge is 0.471 e. The third-order valence-corrected chi connectivity index (χ3v) is 5.27. The van der Waals surface area contributed by atoms with Gasteiger partial charge in [0.25, 0.3) is 0 Å². The van der Waals surface area contributed by atoms with Crippen molar-refractivity contribution in [3.63, 3.8) is 0 Å². The Balaban J connectivity index is 1.86. The van der Waals surface area contributed by atoms with E-state index in [2.05, 4.69) is 25.3 Å². The highest BCUT2D eigenvalue weighted by Crippen LogP contribution is 2.29. The highest BCUT2D eigenvalue weighted by molar-refractivity contribution is 5.80. The number of likely N-dealkylation sites (tertiary alicyclic amines) is 1. The number of nitriles is 1. The molecule has 0 aromatic carbocycles. The van der Waals surface area contributed by atoms with Gasteiger partial charge in [0.1, 0.15) is 12.2 Å². The summed E-state index contributed by atoms with van der Waals surface area (Å²) in [6.07, 6.45) is -6.06. The van der Waals surface area contributed by atoms with E-state index in [9.17, 15) is 27.2 Å². The van der Waals surface area contributed by atoms with Crippen molar-refractivity contribution in [2.75, 3.05) is 13.1 Å². The third kappa shape index (κ3) is 6.62. The van der Waals surface area contributed by atoms with Crippen molar-refractivity contribution in [3.05, 3.63) is 11.7 Å². The first kappa shape index (κ1) is 25.5. The van der Waals surface area contributed by atoms with Gasteiger partial charge in [0.15, 0.2) is 5.82 Å². The summed E-state index contributed by atoms with van der Waals surface area (Å²) in [5.74, 6) is -3.14. The van der Waals surface area contributed by atoms with Crippen LogP contribution < -0.4 is 10.6 Å². The fourth-order valence-corrected chi connectivity index (χ4v) is 3.25. The molecular weight excluding hydrogens is 436 g/mol. The lowest BCUT2D eigenvalue weighted by Crippen LogP contribution is -2.50. The van der Waals surface area contributed by atoms with Crippen LogP contribution in [0.15, 0.2) is 4.52 Å². The van der Waals surface area contributed by atoms with Gasteiger partial charge in [0, 0.05) is 30.3 Å². The maximum atomic E-state index is 13.5. The summed E-state index contributed by atoms with van der Waals surface area (Å²) in [6.45, 7) is 6.21. The monoisotopic (exact) mass is 462 g/mol. The van der Waals surface area contributed by atoms with E-state index in [0.29, 0.717) is 0 Å². The lowest BCUT2D eigenvalue weighted by Gasteiger charge is -2.28. The Morgan fingerprint density at radius 3 is 2.56 bits per heavy atom. The predicted molar refractivity (Wildman–Crippen MR) is 103 cm³/mol. The van der Waals surface area contributed by atoms with Gasteiger partial charge >= 0.3 is 12.1 Å². The van der Waals surface area contributed by atoms with Crippen molar-refractivity contribution in [2.24, 2.45) is 0 Å². The van der Waals surface area contributed by atoms with E-state index >= 15 is 0 Å². The lowest BCUT2D eigenvalue weighted by molar-refractivity contribution is -0.159. The van der Waals surface area contributed by atoms with E-state index < -0.39 is 53.6 Å². The number of hydrogen-bond donors (Lipinski definition) is 2. The van der Waals surface area contributed by atoms with Crippen molar-refractivity contribution < 1.29 is 31.7 Å². The van der Waals surface area contributed by atoms with E-state index in [1.54, 1.807) is 27.7 Å². The Labute approximate surface area is 182 Å². The average Bonchev–Trinajstić information content (AvgIpc) is 3.31. The number of nitrogens with zero attached hydrogens (tertiary/aromatic N) is 4. The van der Waals surface area contributed by atoms with Crippen LogP contribution in [0.3, 0.4) is 0 Å². The van der Waals surface area contributed by atoms with Crippen LogP contribution in [-0.2, 0) is 15.8 Å². The molecule has 2 N–H and O–H groups in total. The fourth-order valence-electron chi connectivity index (χ4n) is 3.25. The number of amides is 2. The standard InChI is InChI=1S/C19H26F4N6O3/c1-10(16-27-17(32-28-16)19(21,22)23)11(2)26-14(30)6-18(3,4)25-8-15(31)29-9-12(20)5-13(29)7-24/h10-13,25H,5-6,8-9H2,1-4H3,(H,26,30)/t10-,11?,12-,13-/m0/s1. The number of nitrogens with one attached hydrogen (secondary N) is 2. The maximum Gasteiger partial charge on any atom is 0.471 e. The third-order valence-electron chi connectivity index (χ3n) is 5.27. The molecule has 1 aromatic rings. The molecule has 13 heteroatoms. The number of rotatable bonds is 8. The van der Waals surface area contributed by atoms with Crippen LogP contribution in [0.5, 0.6) is 0 Å². The molecule has 1 aliphatic heterocycles. The Bertz CT molecular complexity index is 866. The Hall–Kier alpha value is -2.75. The molecule has 2 heterocycles. The topological polar surface area (TPSA) is 124 Å². The average molecular weight is 462 g/mol. The number of aromatic nitrogens is 2. The van der Waals surface area contributed by atoms with Crippen molar-refractivity contribution in [1.29, 1.82) is 5.26 Å². The van der Waals surface area contributed by atoms with Crippen molar-refractivity contribution in [1.82, 2.24) is 25.7 Å². The fraction of sp³-hybridized carbons (Fsp3) is 0.737. The minimum atomic E-state index is -4.75. The maximum absolute atomic E-state index is 13.5. The van der Waals surface area contributed by atoms with Crippen LogP contribution in [0.4, 0.5) is 17.6 Å². The second-order valence-electron chi connectivity index (χ2n) is 8.54. The van der Waals surface area contributed by atoms with E-state index in [-0.39, 0.29) is 31.8 Å². The van der Waals surface area contributed by atoms with E-state index in [1.165, 1.54) is 4.90 Å². The second-order valence-corrected chi connectivity index (χ2v) is 8.54. The quantitative estimate of drug-likeness (QED) is 0.566. The van der Waals surface area contributed by atoms with Gasteiger partial charge in [0.2, 0.25) is 11.8 Å². The molecule has 2 rings (SSSR count). The first-order valence-corrected chi connectivity index (χ1v) is 10.0. The number of carbonyl (C=O) groups excluding carboxylic acids is 2. The van der Waals surface area contributed by atoms with Crippen LogP contribution in [-0.4, -0.2) is 63.7 Å². The van der Waals surface area contributed by atoms with Gasteiger partial charge in [-0.1, -0.05) is 12.1 Å². The SMILES string of the molecule is CC(NC(=O)CC(C)(C)NCC(=O)N1C[C@@H](F)C[C@H]1C#N)[C@H](C)c1noc(C(F)(F)F)n1. The minimum absolute atomic E-state index is 0.0189. The normalized spacial score (nSPS) is 21.2. The second kappa shape index (κ2) is 9.81. The smallest absolute Gasteiger partial charge is 0.353 e. The molecule has 2 amide bonds. The molecular formula is C19H26F4N6O3. The van der Waals surface area contributed by atoms with Crippen molar-refractivity contribution in [3.8, 4) is 6.07 Å². The van der Waals surface area contributed by atoms with Gasteiger partial charge in [-0.2, -0.15) is 23.4 Å². The molecule has 0 spiro atoms. The zero-order valence-electron chi connectivity index (χ0n) is 18.2. The summed E-state index contributed by atoms with van der Waals surface area (Å²) in [5, 5.41) is 18.0. The van der Waals surface area contributed by atoms with Gasteiger partial charge in [0.05, 0.1) is 19.2 Å². The van der Waals surface area contributed by atoms with E-state index in [1.807, 2.05) is 6.07 Å². The van der Waals surface area contributed by atoms with Gasteiger partial charge in [-0.05, 0) is 20.8 Å². The molecule has 9 nitrogen and oxygen atoms in total. The summed E-state index contributed by atoms with van der Waals surface area (Å²) in [4.78, 5) is 29.3. The highest BCUT2D eigenvalue weighted by atomic mass is 19.4. The molecule has 1 saturated heterocycles. The first-order valence-electron chi connectivity index (χ1n) is 10.0. The summed E-state index contributed by atoms with van der Waals surface area (Å²) < 4.78 is 55.6. The van der Waals surface area contributed by atoms with E-state index in [0.717, 1.165) is 0 Å². The van der Waals surface area contributed by atoms with Gasteiger partial charge < -0.3 is 20.1 Å². The lowest BCUT2D eigenvalue weighted by atomic mass is 9.98. The van der Waals surface area contributed by atoms with E-state index in [4.69, 9.17) is 5.26 Å². The molecule has 0 aliphatic carbocycles. The predicted octanol–water partition coefficient (Wildman–Crippen LogP) is 1.92. The zero-order chi connectivity index (χ0) is 24.3. The molecule has 0 radical (unpaired) electrons. The van der Waals surface area contributed by atoms with Crippen LogP contribution in [0, 0.1) is 11.3 Å². The van der Waals surface area contributed by atoms with Crippen molar-refractivity contribution in [2.45, 2.75) is 76.4 Å². The summed E-state index contributed by atoms with van der Waals surface area (Å²) in [5.41, 5.74) is -0.824. The summed E-state index contributed by atoms with van der Waals surface area (Å²) in [7, 11) is 0. The highest BCUT2D eigenvalue weighted by Gasteiger charge is 2.39. The Morgan fingerprint density at radius 1 is 1.34 bits per heavy atom. The molecule has 1 fully saturated rings. The van der Waals surface area contributed by atoms with Gasteiger partial charge in [-0.25, -0.2) is 4.39 Å². The number of carbonyl (C=O) groups is 2. The first-order chi connectivity index (χ1) is 14.7. The molecule has 4 atom stereocenters. The number of alkyl halides is 4. The van der Waals surface area contributed by atoms with Crippen LogP contribution in [0.25, 0.3) is 0 Å². The van der Waals surface area contributed by atoms with Crippen LogP contribution in [0.2, 0.25) is 0 Å².